The molecule has 0 saturated carbocycles. The fourth-order valence-corrected chi connectivity index (χ4v) is 2.47. The highest BCUT2D eigenvalue weighted by atomic mass is 35.5. The lowest BCUT2D eigenvalue weighted by molar-refractivity contribution is 0.00578. The lowest BCUT2D eigenvalue weighted by Crippen LogP contribution is -2.41. The number of hydrogen-bond acceptors (Lipinski definition) is 4. The first-order valence-corrected chi connectivity index (χ1v) is 8.75. The summed E-state index contributed by atoms with van der Waals surface area (Å²) in [5, 5.41) is 0. The smallest absolute Gasteiger partial charge is 0.443 e. The molecule has 1 aromatic carbocycles. The molecule has 7 heteroatoms. The molecule has 2 rings (SSSR count). The van der Waals surface area contributed by atoms with Crippen LogP contribution in [0.15, 0.2) is 24.3 Å². The molecule has 1 aliphatic heterocycles. The molecule has 0 spiro atoms. The van der Waals surface area contributed by atoms with E-state index in [2.05, 4.69) is 0 Å². The average Bonchev–Trinajstić information content (AvgIpc) is 2.66. The van der Waals surface area contributed by atoms with Crippen molar-refractivity contribution in [3.8, 4) is 0 Å². The van der Waals surface area contributed by atoms with Gasteiger partial charge < -0.3 is 14.0 Å². The fraction of sp³-hybridized carbons (Fsp3) is 0.611. The Kier molecular flexibility index (Phi) is 5.48. The largest absolute Gasteiger partial charge is 0.494 e. The number of rotatable bonds is 3. The van der Waals surface area contributed by atoms with Crippen LogP contribution in [0.3, 0.4) is 0 Å². The Labute approximate surface area is 155 Å². The molecule has 0 N–H and O–H groups in total. The zero-order valence-electron chi connectivity index (χ0n) is 16.1. The predicted octanol–water partition coefficient (Wildman–Crippen LogP) is 3.88. The van der Waals surface area contributed by atoms with Crippen molar-refractivity contribution in [1.82, 2.24) is 4.42 Å². The van der Waals surface area contributed by atoms with Crippen LogP contribution in [0, 0.1) is 0 Å². The Hall–Kier alpha value is -1.24. The van der Waals surface area contributed by atoms with Crippen LogP contribution in [0.4, 0.5) is 4.79 Å². The van der Waals surface area contributed by atoms with Gasteiger partial charge in [-0.15, -0.1) is 0 Å². The molecule has 1 saturated heterocycles. The summed E-state index contributed by atoms with van der Waals surface area (Å²) in [5.41, 5.74) is 0.493. The minimum absolute atomic E-state index is 0.250. The third-order valence-electron chi connectivity index (χ3n) is 4.42. The van der Waals surface area contributed by atoms with Crippen LogP contribution in [-0.2, 0) is 20.6 Å². The molecule has 0 aliphatic carbocycles. The van der Waals surface area contributed by atoms with E-state index in [1.54, 1.807) is 20.8 Å². The number of benzene rings is 1. The average molecular weight is 368 g/mol. The molecule has 138 valence electrons. The van der Waals surface area contributed by atoms with E-state index in [0.29, 0.717) is 0 Å². The Bertz CT molecular complexity index is 609. The number of nitrogens with zero attached hydrogens (tertiary/aromatic N) is 1. The number of carbonyl (C=O) groups excluding carboxylic acids is 1. The maximum Gasteiger partial charge on any atom is 0.494 e. The fourth-order valence-electron chi connectivity index (χ4n) is 2.30. The van der Waals surface area contributed by atoms with Crippen LogP contribution < -0.4 is 5.46 Å². The Morgan fingerprint density at radius 3 is 2.04 bits per heavy atom. The van der Waals surface area contributed by atoms with Gasteiger partial charge >= 0.3 is 13.2 Å². The number of hydrogen-bond donors (Lipinski definition) is 0. The van der Waals surface area contributed by atoms with Crippen molar-refractivity contribution in [3.63, 3.8) is 0 Å². The van der Waals surface area contributed by atoms with Gasteiger partial charge in [0.05, 0.1) is 17.7 Å². The van der Waals surface area contributed by atoms with Gasteiger partial charge in [-0.2, -0.15) is 0 Å². The van der Waals surface area contributed by atoms with Crippen LogP contribution in [-0.4, -0.2) is 34.4 Å². The summed E-state index contributed by atoms with van der Waals surface area (Å²) in [5.74, 6) is 0. The summed E-state index contributed by atoms with van der Waals surface area (Å²) in [4.78, 5) is 11.9. The summed E-state index contributed by atoms with van der Waals surface area (Å²) in [7, 11) is -0.406. The van der Waals surface area contributed by atoms with Crippen molar-refractivity contribution < 1.29 is 18.8 Å². The number of amides is 1. The molecular formula is C18H27BClNO4. The second-order valence-corrected chi connectivity index (χ2v) is 8.74. The Balaban J connectivity index is 2.00. The molecule has 0 atom stereocenters. The van der Waals surface area contributed by atoms with Gasteiger partial charge in [0.15, 0.2) is 0 Å². The minimum Gasteiger partial charge on any atom is -0.443 e. The van der Waals surface area contributed by atoms with E-state index in [1.165, 1.54) is 0 Å². The van der Waals surface area contributed by atoms with Gasteiger partial charge in [0, 0.05) is 11.8 Å². The molecule has 1 fully saturated rings. The topological polar surface area (TPSA) is 48.0 Å². The molecule has 0 bridgehead atoms. The Morgan fingerprint density at radius 1 is 1.12 bits per heavy atom. The zero-order valence-corrected chi connectivity index (χ0v) is 16.8. The Morgan fingerprint density at radius 2 is 1.60 bits per heavy atom. The minimum atomic E-state index is -0.579. The van der Waals surface area contributed by atoms with Crippen molar-refractivity contribution in [2.75, 3.05) is 0 Å². The van der Waals surface area contributed by atoms with Gasteiger partial charge in [0.25, 0.3) is 0 Å². The van der Waals surface area contributed by atoms with E-state index in [1.807, 2.05) is 52.0 Å². The SMILES string of the molecule is CC(C)(C)OC(=O)N(Cl)Cc1ccc(B2OC(C)(C)C(C)(C)O2)cc1. The van der Waals surface area contributed by atoms with E-state index in [0.717, 1.165) is 15.4 Å². The third-order valence-corrected chi connectivity index (χ3v) is 4.68. The lowest BCUT2D eigenvalue weighted by atomic mass is 9.79. The van der Waals surface area contributed by atoms with Crippen LogP contribution in [0.5, 0.6) is 0 Å². The number of halogens is 1. The van der Waals surface area contributed by atoms with Gasteiger partial charge in [-0.25, -0.2) is 9.21 Å². The molecule has 1 amide bonds. The van der Waals surface area contributed by atoms with Gasteiger partial charge in [-0.05, 0) is 59.5 Å². The van der Waals surface area contributed by atoms with Crippen LogP contribution in [0.1, 0.15) is 54.0 Å². The van der Waals surface area contributed by atoms with Gasteiger partial charge in [0.1, 0.15) is 5.60 Å². The van der Waals surface area contributed by atoms with Crippen LogP contribution in [0.2, 0.25) is 0 Å². The lowest BCUT2D eigenvalue weighted by Gasteiger charge is -2.32. The van der Waals surface area contributed by atoms with E-state index in [9.17, 15) is 4.79 Å². The van der Waals surface area contributed by atoms with Crippen molar-refractivity contribution in [2.24, 2.45) is 0 Å². The molecule has 1 aromatic rings. The second-order valence-electron chi connectivity index (χ2n) is 8.33. The van der Waals surface area contributed by atoms with E-state index in [4.69, 9.17) is 25.8 Å². The van der Waals surface area contributed by atoms with Crippen molar-refractivity contribution in [2.45, 2.75) is 71.8 Å². The first-order valence-electron chi connectivity index (χ1n) is 8.41. The molecule has 0 aromatic heterocycles. The predicted molar refractivity (Wildman–Crippen MR) is 99.8 cm³/mol. The van der Waals surface area contributed by atoms with E-state index < -0.39 is 18.8 Å². The van der Waals surface area contributed by atoms with Crippen molar-refractivity contribution in [1.29, 1.82) is 0 Å². The quantitative estimate of drug-likeness (QED) is 0.601. The molecule has 5 nitrogen and oxygen atoms in total. The number of carbonyl (C=O) groups is 1. The van der Waals surface area contributed by atoms with Crippen molar-refractivity contribution in [3.05, 3.63) is 29.8 Å². The highest BCUT2D eigenvalue weighted by Gasteiger charge is 2.51. The van der Waals surface area contributed by atoms with Crippen LogP contribution >= 0.6 is 11.8 Å². The normalized spacial score (nSPS) is 19.0. The summed E-state index contributed by atoms with van der Waals surface area (Å²) < 4.78 is 18.3. The molecule has 0 radical (unpaired) electrons. The highest BCUT2D eigenvalue weighted by molar-refractivity contribution is 6.62. The first kappa shape index (κ1) is 20.1. The summed E-state index contributed by atoms with van der Waals surface area (Å²) in [6, 6.07) is 7.66. The van der Waals surface area contributed by atoms with Gasteiger partial charge in [-0.3, -0.25) is 0 Å². The summed E-state index contributed by atoms with van der Waals surface area (Å²) in [6.45, 7) is 13.7. The maximum absolute atomic E-state index is 11.9. The standard InChI is InChI=1S/C18H27BClNO4/c1-16(2,3)23-15(22)21(20)12-13-8-10-14(11-9-13)19-24-17(4,5)18(6,7)25-19/h8-11H,12H2,1-7H3. The first-order chi connectivity index (χ1) is 11.3. The highest BCUT2D eigenvalue weighted by Crippen LogP contribution is 2.36. The third kappa shape index (κ3) is 4.90. The maximum atomic E-state index is 11.9. The molecular weight excluding hydrogens is 340 g/mol. The van der Waals surface area contributed by atoms with Gasteiger partial charge in [0.2, 0.25) is 0 Å². The van der Waals surface area contributed by atoms with Crippen LogP contribution in [0.25, 0.3) is 0 Å². The molecule has 25 heavy (non-hydrogen) atoms. The molecule has 1 aliphatic rings. The second kappa shape index (κ2) is 6.82. The summed E-state index contributed by atoms with van der Waals surface area (Å²) >= 11 is 6.02. The zero-order chi connectivity index (χ0) is 19.0. The molecule has 0 unspecified atom stereocenters. The monoisotopic (exact) mass is 367 g/mol. The number of ether oxygens (including phenoxy) is 1. The van der Waals surface area contributed by atoms with Gasteiger partial charge in [-0.1, -0.05) is 24.3 Å². The molecule has 1 heterocycles. The van der Waals surface area contributed by atoms with E-state index >= 15 is 0 Å². The summed E-state index contributed by atoms with van der Waals surface area (Å²) in [6.07, 6.45) is -0.566. The van der Waals surface area contributed by atoms with Crippen molar-refractivity contribution >= 4 is 30.5 Å². The van der Waals surface area contributed by atoms with E-state index in [-0.39, 0.29) is 17.7 Å².